The van der Waals surface area contributed by atoms with Crippen LogP contribution in [0.15, 0.2) is 24.3 Å². The summed E-state index contributed by atoms with van der Waals surface area (Å²) in [5, 5.41) is 11.1. The van der Waals surface area contributed by atoms with Crippen LogP contribution in [0.3, 0.4) is 0 Å². The highest BCUT2D eigenvalue weighted by atomic mass is 32.2. The molecule has 0 aromatic heterocycles. The van der Waals surface area contributed by atoms with Gasteiger partial charge in [-0.15, -0.1) is 0 Å². The molecule has 1 saturated heterocycles. The molecule has 6 heteroatoms. The van der Waals surface area contributed by atoms with Crippen LogP contribution >= 0.6 is 0 Å². The number of nitrogens with zero attached hydrogens (tertiary/aromatic N) is 1. The number of halogens is 1. The Morgan fingerprint density at radius 3 is 2.81 bits per heavy atom. The van der Waals surface area contributed by atoms with Gasteiger partial charge in [0.05, 0.1) is 11.9 Å². The summed E-state index contributed by atoms with van der Waals surface area (Å²) < 4.78 is 38.5. The van der Waals surface area contributed by atoms with Crippen LogP contribution in [0.1, 0.15) is 24.8 Å². The van der Waals surface area contributed by atoms with Gasteiger partial charge in [0.2, 0.25) is 10.0 Å². The molecular weight excluding hydrogens is 293 g/mol. The number of sulfonamides is 1. The second kappa shape index (κ2) is 5.04. The van der Waals surface area contributed by atoms with Gasteiger partial charge < -0.3 is 5.11 Å². The Bertz CT molecular complexity index is 648. The molecule has 2 fully saturated rings. The summed E-state index contributed by atoms with van der Waals surface area (Å²) in [5.74, 6) is -0.398. The molecule has 1 saturated carbocycles. The number of benzene rings is 1. The summed E-state index contributed by atoms with van der Waals surface area (Å²) in [6.45, 7) is 0.775. The topological polar surface area (TPSA) is 57.6 Å². The van der Waals surface area contributed by atoms with Crippen molar-refractivity contribution < 1.29 is 17.9 Å². The van der Waals surface area contributed by atoms with Crippen molar-refractivity contribution >= 4 is 10.0 Å². The molecule has 116 valence electrons. The fourth-order valence-corrected chi connectivity index (χ4v) is 4.76. The van der Waals surface area contributed by atoms with E-state index in [0.717, 1.165) is 12.8 Å². The third kappa shape index (κ3) is 2.60. The van der Waals surface area contributed by atoms with Crippen LogP contribution in [-0.2, 0) is 15.6 Å². The van der Waals surface area contributed by atoms with Crippen LogP contribution in [0.4, 0.5) is 4.39 Å². The third-order valence-corrected chi connectivity index (χ3v) is 6.18. The Hall–Kier alpha value is -0.980. The maximum absolute atomic E-state index is 13.5. The van der Waals surface area contributed by atoms with Crippen LogP contribution in [0.2, 0.25) is 0 Å². The molecule has 4 nitrogen and oxygen atoms in total. The van der Waals surface area contributed by atoms with E-state index in [1.165, 1.54) is 22.7 Å². The van der Waals surface area contributed by atoms with Crippen LogP contribution < -0.4 is 0 Å². The van der Waals surface area contributed by atoms with Gasteiger partial charge in [-0.05, 0) is 42.9 Å². The Balaban J connectivity index is 1.96. The minimum atomic E-state index is -3.25. The fraction of sp³-hybridized carbons (Fsp3) is 0.600. The van der Waals surface area contributed by atoms with Crippen molar-refractivity contribution in [2.24, 2.45) is 11.8 Å². The van der Waals surface area contributed by atoms with Gasteiger partial charge in [-0.3, -0.25) is 0 Å². The first-order valence-corrected chi connectivity index (χ1v) is 9.09. The van der Waals surface area contributed by atoms with Crippen LogP contribution in [0.25, 0.3) is 0 Å². The minimum Gasteiger partial charge on any atom is -0.385 e. The monoisotopic (exact) mass is 313 g/mol. The average Bonchev–Trinajstić information content (AvgIpc) is 2.84. The van der Waals surface area contributed by atoms with E-state index in [9.17, 15) is 17.9 Å². The summed E-state index contributed by atoms with van der Waals surface area (Å²) >= 11 is 0. The third-order valence-electron chi connectivity index (χ3n) is 4.95. The average molecular weight is 313 g/mol. The summed E-state index contributed by atoms with van der Waals surface area (Å²) in [6, 6.07) is 6.04. The van der Waals surface area contributed by atoms with E-state index in [0.29, 0.717) is 25.1 Å². The molecule has 1 aromatic rings. The van der Waals surface area contributed by atoms with Gasteiger partial charge in [-0.25, -0.2) is 17.1 Å². The van der Waals surface area contributed by atoms with Crippen molar-refractivity contribution in [2.45, 2.75) is 24.9 Å². The van der Waals surface area contributed by atoms with E-state index in [2.05, 4.69) is 0 Å². The van der Waals surface area contributed by atoms with Crippen LogP contribution in [-0.4, -0.2) is 37.2 Å². The molecule has 0 amide bonds. The lowest BCUT2D eigenvalue weighted by atomic mass is 9.67. The zero-order valence-corrected chi connectivity index (χ0v) is 12.8. The molecule has 1 aliphatic heterocycles. The number of aliphatic hydroxyl groups is 1. The van der Waals surface area contributed by atoms with E-state index in [1.807, 2.05) is 0 Å². The summed E-state index contributed by atoms with van der Waals surface area (Å²) in [4.78, 5) is 0. The molecule has 3 rings (SSSR count). The first kappa shape index (κ1) is 14.9. The van der Waals surface area contributed by atoms with E-state index in [4.69, 9.17) is 0 Å². The summed E-state index contributed by atoms with van der Waals surface area (Å²) in [7, 11) is -3.25. The predicted octanol–water partition coefficient (Wildman–Crippen LogP) is 1.70. The lowest BCUT2D eigenvalue weighted by molar-refractivity contribution is -0.0642. The highest BCUT2D eigenvalue weighted by Crippen LogP contribution is 2.48. The quantitative estimate of drug-likeness (QED) is 0.904. The maximum atomic E-state index is 13.5. The molecule has 21 heavy (non-hydrogen) atoms. The van der Waals surface area contributed by atoms with Gasteiger partial charge >= 0.3 is 0 Å². The molecule has 2 aliphatic rings. The van der Waals surface area contributed by atoms with Gasteiger partial charge in [-0.2, -0.15) is 0 Å². The Kier molecular flexibility index (Phi) is 3.58. The second-order valence-corrected chi connectivity index (χ2v) is 8.26. The molecule has 1 aliphatic carbocycles. The number of hydrogen-bond acceptors (Lipinski definition) is 3. The van der Waals surface area contributed by atoms with Gasteiger partial charge in [0.1, 0.15) is 5.82 Å². The molecule has 0 bridgehead atoms. The van der Waals surface area contributed by atoms with E-state index >= 15 is 0 Å². The van der Waals surface area contributed by atoms with Crippen molar-refractivity contribution in [1.82, 2.24) is 4.31 Å². The lowest BCUT2D eigenvalue weighted by Crippen LogP contribution is -2.43. The lowest BCUT2D eigenvalue weighted by Gasteiger charge is -2.41. The fourth-order valence-electron chi connectivity index (χ4n) is 3.87. The SMILES string of the molecule is CS(=O)(=O)N1CC2CCCC(O)(c3cccc(F)c3)C2C1. The molecule has 1 heterocycles. The highest BCUT2D eigenvalue weighted by Gasteiger charge is 2.51. The van der Waals surface area contributed by atoms with Crippen molar-refractivity contribution in [3.8, 4) is 0 Å². The first-order valence-electron chi connectivity index (χ1n) is 7.24. The summed E-state index contributed by atoms with van der Waals surface area (Å²) in [6.07, 6.45) is 3.49. The van der Waals surface area contributed by atoms with E-state index in [-0.39, 0.29) is 17.7 Å². The largest absolute Gasteiger partial charge is 0.385 e. The smallest absolute Gasteiger partial charge is 0.211 e. The van der Waals surface area contributed by atoms with Crippen molar-refractivity contribution in [3.05, 3.63) is 35.6 Å². The van der Waals surface area contributed by atoms with Gasteiger partial charge in [0, 0.05) is 19.0 Å². The molecule has 0 radical (unpaired) electrons. The Labute approximate surface area is 124 Å². The first-order chi connectivity index (χ1) is 9.80. The molecule has 3 atom stereocenters. The normalized spacial score (nSPS) is 33.9. The van der Waals surface area contributed by atoms with E-state index < -0.39 is 15.6 Å². The number of hydrogen-bond donors (Lipinski definition) is 1. The van der Waals surface area contributed by atoms with Gasteiger partial charge in [0.15, 0.2) is 0 Å². The molecule has 1 aromatic carbocycles. The minimum absolute atomic E-state index is 0.141. The van der Waals surface area contributed by atoms with Crippen molar-refractivity contribution in [3.63, 3.8) is 0 Å². The van der Waals surface area contributed by atoms with Gasteiger partial charge in [-0.1, -0.05) is 12.1 Å². The molecule has 1 N–H and O–H groups in total. The van der Waals surface area contributed by atoms with Gasteiger partial charge in [0.25, 0.3) is 0 Å². The standard InChI is InChI=1S/C15H20FNO3S/c1-21(19,20)17-9-11-4-3-7-15(18,14(11)10-17)12-5-2-6-13(16)8-12/h2,5-6,8,11,14,18H,3-4,7,9-10H2,1H3. The van der Waals surface area contributed by atoms with Crippen molar-refractivity contribution in [1.29, 1.82) is 0 Å². The number of fused-ring (bicyclic) bond motifs is 1. The van der Waals surface area contributed by atoms with E-state index in [1.54, 1.807) is 12.1 Å². The predicted molar refractivity (Wildman–Crippen MR) is 77.5 cm³/mol. The molecular formula is C15H20FNO3S. The van der Waals surface area contributed by atoms with Crippen LogP contribution in [0.5, 0.6) is 0 Å². The Morgan fingerprint density at radius 1 is 1.38 bits per heavy atom. The molecule has 0 spiro atoms. The highest BCUT2D eigenvalue weighted by molar-refractivity contribution is 7.88. The Morgan fingerprint density at radius 2 is 2.14 bits per heavy atom. The number of rotatable bonds is 2. The van der Waals surface area contributed by atoms with Crippen LogP contribution in [0, 0.1) is 17.7 Å². The zero-order valence-electron chi connectivity index (χ0n) is 12.0. The molecule has 3 unspecified atom stereocenters. The second-order valence-electron chi connectivity index (χ2n) is 6.27. The van der Waals surface area contributed by atoms with Crippen molar-refractivity contribution in [2.75, 3.05) is 19.3 Å². The maximum Gasteiger partial charge on any atom is 0.211 e. The summed E-state index contributed by atoms with van der Waals surface area (Å²) in [5.41, 5.74) is -0.572. The zero-order chi connectivity index (χ0) is 15.3.